The van der Waals surface area contributed by atoms with Crippen molar-refractivity contribution in [1.29, 1.82) is 0 Å². The molecular formula is C5H4Cl4O. The maximum absolute atomic E-state index is 8.45. The highest BCUT2D eigenvalue weighted by Gasteiger charge is 2.03. The van der Waals surface area contributed by atoms with Crippen molar-refractivity contribution in [2.45, 2.75) is 0 Å². The molecule has 0 atom stereocenters. The van der Waals surface area contributed by atoms with E-state index in [1.807, 2.05) is 0 Å². The zero-order valence-electron chi connectivity index (χ0n) is 4.74. The van der Waals surface area contributed by atoms with Crippen molar-refractivity contribution >= 4 is 46.4 Å². The van der Waals surface area contributed by atoms with Crippen LogP contribution in [0.15, 0.2) is 20.6 Å². The van der Waals surface area contributed by atoms with Crippen molar-refractivity contribution in [3.05, 3.63) is 20.6 Å². The van der Waals surface area contributed by atoms with Crippen LogP contribution in [0.25, 0.3) is 0 Å². The fraction of sp³-hybridized carbons (Fsp3) is 0.200. The average Bonchev–Trinajstić information content (AvgIpc) is 2.00. The number of aliphatic hydroxyl groups excluding tert-OH is 1. The number of rotatable bonds is 2. The molecule has 0 aromatic carbocycles. The molecule has 0 fully saturated rings. The van der Waals surface area contributed by atoms with Gasteiger partial charge in [0, 0.05) is 5.54 Å². The standard InChI is InChI=1S/C5H4Cl4O/c6-1-3(7)5(9)4(8)2-10/h1,10H,2H2/b3-1+,5-4+. The molecule has 1 N–H and O–H groups in total. The first-order chi connectivity index (χ1) is 4.63. The predicted octanol–water partition coefficient (Wildman–Crippen LogP) is 2.99. The second-order valence-electron chi connectivity index (χ2n) is 1.33. The van der Waals surface area contributed by atoms with Gasteiger partial charge in [-0.25, -0.2) is 0 Å². The van der Waals surface area contributed by atoms with Crippen molar-refractivity contribution in [3.8, 4) is 0 Å². The molecule has 0 spiro atoms. The summed E-state index contributed by atoms with van der Waals surface area (Å²) >= 11 is 21.5. The summed E-state index contributed by atoms with van der Waals surface area (Å²) in [5.41, 5.74) is 1.07. The highest BCUT2D eigenvalue weighted by molar-refractivity contribution is 6.49. The molecule has 0 aliphatic carbocycles. The second kappa shape index (κ2) is 5.28. The summed E-state index contributed by atoms with van der Waals surface area (Å²) in [6.45, 7) is -0.346. The molecule has 0 aromatic rings. The van der Waals surface area contributed by atoms with Gasteiger partial charge in [-0.3, -0.25) is 0 Å². The van der Waals surface area contributed by atoms with Crippen LogP contribution in [0.4, 0.5) is 0 Å². The number of aliphatic hydroxyl groups is 1. The SMILES string of the molecule is OC/C(Cl)=C(Cl)/C(Cl)=C\Cl. The molecule has 0 aliphatic rings. The molecule has 0 rings (SSSR count). The fourth-order valence-electron chi connectivity index (χ4n) is 0.247. The lowest BCUT2D eigenvalue weighted by Crippen LogP contribution is -1.84. The summed E-state index contributed by atoms with van der Waals surface area (Å²) in [6, 6.07) is 0. The van der Waals surface area contributed by atoms with Crippen LogP contribution in [0.5, 0.6) is 0 Å². The number of hydrogen-bond acceptors (Lipinski definition) is 1. The first-order valence-corrected chi connectivity index (χ1v) is 3.81. The molecule has 0 radical (unpaired) electrons. The van der Waals surface area contributed by atoms with Crippen molar-refractivity contribution in [3.63, 3.8) is 0 Å². The number of hydrogen-bond donors (Lipinski definition) is 1. The van der Waals surface area contributed by atoms with Gasteiger partial charge in [0.25, 0.3) is 0 Å². The molecule has 58 valence electrons. The van der Waals surface area contributed by atoms with E-state index in [0.29, 0.717) is 0 Å². The Morgan fingerprint density at radius 2 is 1.80 bits per heavy atom. The third-order valence-electron chi connectivity index (χ3n) is 0.682. The first-order valence-electron chi connectivity index (χ1n) is 2.24. The van der Waals surface area contributed by atoms with Crippen LogP contribution in [-0.4, -0.2) is 11.7 Å². The van der Waals surface area contributed by atoms with E-state index in [1.54, 1.807) is 0 Å². The van der Waals surface area contributed by atoms with Gasteiger partial charge in [-0.2, -0.15) is 0 Å². The van der Waals surface area contributed by atoms with Gasteiger partial charge >= 0.3 is 0 Å². The Hall–Kier alpha value is 0.600. The Bertz CT molecular complexity index is 172. The van der Waals surface area contributed by atoms with Crippen LogP contribution in [0.3, 0.4) is 0 Å². The minimum absolute atomic E-state index is 0.0702. The maximum atomic E-state index is 8.45. The quantitative estimate of drug-likeness (QED) is 0.712. The average molecular weight is 222 g/mol. The lowest BCUT2D eigenvalue weighted by Gasteiger charge is -1.96. The van der Waals surface area contributed by atoms with Crippen LogP contribution in [0.2, 0.25) is 0 Å². The van der Waals surface area contributed by atoms with Crippen molar-refractivity contribution < 1.29 is 5.11 Å². The van der Waals surface area contributed by atoms with Gasteiger partial charge in [0.2, 0.25) is 0 Å². The molecule has 0 heterocycles. The maximum Gasteiger partial charge on any atom is 0.0803 e. The van der Waals surface area contributed by atoms with Crippen LogP contribution >= 0.6 is 46.4 Å². The third-order valence-corrected chi connectivity index (χ3v) is 2.24. The Kier molecular flexibility index (Phi) is 5.59. The molecule has 10 heavy (non-hydrogen) atoms. The lowest BCUT2D eigenvalue weighted by molar-refractivity contribution is 0.338. The van der Waals surface area contributed by atoms with E-state index in [1.165, 1.54) is 0 Å². The Labute approximate surface area is 78.8 Å². The fourth-order valence-corrected chi connectivity index (χ4v) is 0.790. The van der Waals surface area contributed by atoms with Crippen LogP contribution < -0.4 is 0 Å². The van der Waals surface area contributed by atoms with E-state index in [2.05, 4.69) is 0 Å². The predicted molar refractivity (Wildman–Crippen MR) is 45.6 cm³/mol. The summed E-state index contributed by atoms with van der Waals surface area (Å²) < 4.78 is 0. The van der Waals surface area contributed by atoms with E-state index in [4.69, 9.17) is 51.5 Å². The van der Waals surface area contributed by atoms with E-state index in [-0.39, 0.29) is 21.7 Å². The zero-order chi connectivity index (χ0) is 8.15. The smallest absolute Gasteiger partial charge is 0.0803 e. The van der Waals surface area contributed by atoms with Gasteiger partial charge in [0.1, 0.15) is 0 Å². The third kappa shape index (κ3) is 3.13. The van der Waals surface area contributed by atoms with Gasteiger partial charge in [0.05, 0.1) is 21.7 Å². The van der Waals surface area contributed by atoms with E-state index >= 15 is 0 Å². The van der Waals surface area contributed by atoms with Gasteiger partial charge < -0.3 is 5.11 Å². The Morgan fingerprint density at radius 1 is 1.30 bits per heavy atom. The highest BCUT2D eigenvalue weighted by Crippen LogP contribution is 2.25. The molecule has 5 heteroatoms. The molecule has 0 bridgehead atoms. The summed E-state index contributed by atoms with van der Waals surface area (Å²) in [6.07, 6.45) is 0. The molecule has 0 saturated heterocycles. The first kappa shape index (κ1) is 10.6. The monoisotopic (exact) mass is 220 g/mol. The van der Waals surface area contributed by atoms with Gasteiger partial charge in [0.15, 0.2) is 0 Å². The zero-order valence-corrected chi connectivity index (χ0v) is 7.77. The molecule has 1 nitrogen and oxygen atoms in total. The van der Waals surface area contributed by atoms with Crippen molar-refractivity contribution in [1.82, 2.24) is 0 Å². The van der Waals surface area contributed by atoms with Crippen LogP contribution in [0.1, 0.15) is 0 Å². The van der Waals surface area contributed by atoms with Gasteiger partial charge in [-0.1, -0.05) is 46.4 Å². The second-order valence-corrected chi connectivity index (χ2v) is 2.79. The van der Waals surface area contributed by atoms with Crippen LogP contribution in [0, 0.1) is 0 Å². The molecule has 0 aromatic heterocycles. The molecule has 0 amide bonds. The molecule has 0 saturated carbocycles. The van der Waals surface area contributed by atoms with E-state index in [9.17, 15) is 0 Å². The Balaban J connectivity index is 4.46. The summed E-state index contributed by atoms with van der Waals surface area (Å²) in [5.74, 6) is 0. The number of halogens is 4. The lowest BCUT2D eigenvalue weighted by atomic mass is 10.5. The minimum atomic E-state index is -0.346. The summed E-state index contributed by atoms with van der Waals surface area (Å²) in [4.78, 5) is 0. The van der Waals surface area contributed by atoms with Crippen molar-refractivity contribution in [2.24, 2.45) is 0 Å². The number of allylic oxidation sites excluding steroid dienone is 2. The van der Waals surface area contributed by atoms with E-state index < -0.39 is 0 Å². The normalized spacial score (nSPS) is 15.1. The molecule has 0 aliphatic heterocycles. The minimum Gasteiger partial charge on any atom is -0.391 e. The van der Waals surface area contributed by atoms with Crippen LogP contribution in [-0.2, 0) is 0 Å². The topological polar surface area (TPSA) is 20.2 Å². The summed E-state index contributed by atoms with van der Waals surface area (Å²) in [5, 5.41) is 8.70. The van der Waals surface area contributed by atoms with E-state index in [0.717, 1.165) is 5.54 Å². The van der Waals surface area contributed by atoms with Gasteiger partial charge in [-0.15, -0.1) is 0 Å². The largest absolute Gasteiger partial charge is 0.391 e. The Morgan fingerprint density at radius 3 is 2.10 bits per heavy atom. The van der Waals surface area contributed by atoms with Gasteiger partial charge in [-0.05, 0) is 0 Å². The molecule has 0 unspecified atom stereocenters. The summed E-state index contributed by atoms with van der Waals surface area (Å²) in [7, 11) is 0. The molecular weight excluding hydrogens is 218 g/mol. The van der Waals surface area contributed by atoms with Crippen molar-refractivity contribution in [2.75, 3.05) is 6.61 Å². The highest BCUT2D eigenvalue weighted by atomic mass is 35.5.